The second kappa shape index (κ2) is 6.67. The van der Waals surface area contributed by atoms with Crippen molar-refractivity contribution in [3.05, 3.63) is 0 Å². The standard InChI is InChI=1S/C11H22N2O2/c1-10(14)6-5-7-12-11(15)13-8-3-2-4-9-13/h10,14H,2-9H2,1H3,(H,12,15). The van der Waals surface area contributed by atoms with Crippen molar-refractivity contribution in [1.82, 2.24) is 10.2 Å². The summed E-state index contributed by atoms with van der Waals surface area (Å²) in [5, 5.41) is 11.9. The molecule has 88 valence electrons. The average molecular weight is 214 g/mol. The number of carbonyl (C=O) groups excluding carboxylic acids is 1. The van der Waals surface area contributed by atoms with Gasteiger partial charge in [-0.1, -0.05) is 0 Å². The second-order valence-electron chi connectivity index (χ2n) is 4.27. The third-order valence-electron chi connectivity index (χ3n) is 2.72. The first kappa shape index (κ1) is 12.3. The number of aliphatic hydroxyl groups excluding tert-OH is 1. The molecule has 0 aromatic rings. The van der Waals surface area contributed by atoms with Crippen LogP contribution in [0.2, 0.25) is 0 Å². The Labute approximate surface area is 91.6 Å². The van der Waals surface area contributed by atoms with Gasteiger partial charge in [-0.15, -0.1) is 0 Å². The van der Waals surface area contributed by atoms with Gasteiger partial charge in [-0.2, -0.15) is 0 Å². The Morgan fingerprint density at radius 2 is 2.07 bits per heavy atom. The second-order valence-corrected chi connectivity index (χ2v) is 4.27. The summed E-state index contributed by atoms with van der Waals surface area (Å²) in [7, 11) is 0. The van der Waals surface area contributed by atoms with E-state index in [4.69, 9.17) is 5.11 Å². The van der Waals surface area contributed by atoms with Gasteiger partial charge in [-0.25, -0.2) is 4.79 Å². The first-order valence-corrected chi connectivity index (χ1v) is 5.91. The van der Waals surface area contributed by atoms with Crippen molar-refractivity contribution >= 4 is 6.03 Å². The first-order valence-electron chi connectivity index (χ1n) is 5.91. The molecule has 1 heterocycles. The Bertz CT molecular complexity index is 189. The van der Waals surface area contributed by atoms with Crippen LogP contribution in [0, 0.1) is 0 Å². The minimum atomic E-state index is -0.267. The quantitative estimate of drug-likeness (QED) is 0.694. The number of aliphatic hydroxyl groups is 1. The molecule has 1 rings (SSSR count). The summed E-state index contributed by atoms with van der Waals surface area (Å²) in [6.45, 7) is 4.22. The van der Waals surface area contributed by atoms with E-state index >= 15 is 0 Å². The lowest BCUT2D eigenvalue weighted by Crippen LogP contribution is -2.43. The summed E-state index contributed by atoms with van der Waals surface area (Å²) in [6.07, 6.45) is 4.82. The summed E-state index contributed by atoms with van der Waals surface area (Å²) in [6, 6.07) is 0.0558. The normalized spacial score (nSPS) is 18.7. The minimum absolute atomic E-state index is 0.0558. The Morgan fingerprint density at radius 1 is 1.40 bits per heavy atom. The average Bonchev–Trinajstić information content (AvgIpc) is 2.25. The van der Waals surface area contributed by atoms with E-state index in [1.165, 1.54) is 6.42 Å². The van der Waals surface area contributed by atoms with Crippen molar-refractivity contribution in [2.75, 3.05) is 19.6 Å². The maximum atomic E-state index is 11.6. The van der Waals surface area contributed by atoms with Crippen molar-refractivity contribution < 1.29 is 9.90 Å². The van der Waals surface area contributed by atoms with Gasteiger partial charge in [0.1, 0.15) is 0 Å². The summed E-state index contributed by atoms with van der Waals surface area (Å²) in [5.74, 6) is 0. The van der Waals surface area contributed by atoms with Crippen molar-refractivity contribution in [2.24, 2.45) is 0 Å². The van der Waals surface area contributed by atoms with Crippen LogP contribution >= 0.6 is 0 Å². The predicted octanol–water partition coefficient (Wildman–Crippen LogP) is 1.34. The number of nitrogens with zero attached hydrogens (tertiary/aromatic N) is 1. The Balaban J connectivity index is 2.07. The predicted molar refractivity (Wildman–Crippen MR) is 59.7 cm³/mol. The zero-order valence-corrected chi connectivity index (χ0v) is 9.54. The van der Waals surface area contributed by atoms with Crippen molar-refractivity contribution in [3.63, 3.8) is 0 Å². The van der Waals surface area contributed by atoms with E-state index in [1.54, 1.807) is 6.92 Å². The van der Waals surface area contributed by atoms with Gasteiger partial charge >= 0.3 is 6.03 Å². The fourth-order valence-corrected chi connectivity index (χ4v) is 1.80. The van der Waals surface area contributed by atoms with Crippen molar-refractivity contribution in [1.29, 1.82) is 0 Å². The molecule has 1 aliphatic rings. The van der Waals surface area contributed by atoms with Crippen LogP contribution in [-0.4, -0.2) is 41.8 Å². The van der Waals surface area contributed by atoms with E-state index < -0.39 is 0 Å². The maximum Gasteiger partial charge on any atom is 0.317 e. The zero-order chi connectivity index (χ0) is 11.1. The van der Waals surface area contributed by atoms with E-state index in [-0.39, 0.29) is 12.1 Å². The third kappa shape index (κ3) is 5.02. The van der Waals surface area contributed by atoms with E-state index in [2.05, 4.69) is 5.32 Å². The number of nitrogens with one attached hydrogen (secondary N) is 1. The molecule has 0 bridgehead atoms. The molecule has 1 saturated heterocycles. The molecule has 1 aliphatic heterocycles. The highest BCUT2D eigenvalue weighted by atomic mass is 16.3. The highest BCUT2D eigenvalue weighted by Crippen LogP contribution is 2.08. The molecule has 1 atom stereocenters. The molecule has 0 aromatic carbocycles. The number of hydrogen-bond donors (Lipinski definition) is 2. The number of likely N-dealkylation sites (tertiary alicyclic amines) is 1. The molecule has 0 aromatic heterocycles. The van der Waals surface area contributed by atoms with Gasteiger partial charge in [-0.3, -0.25) is 0 Å². The number of hydrogen-bond acceptors (Lipinski definition) is 2. The van der Waals surface area contributed by atoms with Crippen LogP contribution < -0.4 is 5.32 Å². The van der Waals surface area contributed by atoms with Gasteiger partial charge in [0, 0.05) is 19.6 Å². The fraction of sp³-hybridized carbons (Fsp3) is 0.909. The molecule has 1 unspecified atom stereocenters. The van der Waals surface area contributed by atoms with Crippen LogP contribution in [0.5, 0.6) is 0 Å². The van der Waals surface area contributed by atoms with Gasteiger partial charge in [0.25, 0.3) is 0 Å². The first-order chi connectivity index (χ1) is 7.20. The largest absolute Gasteiger partial charge is 0.393 e. The van der Waals surface area contributed by atoms with E-state index in [9.17, 15) is 4.79 Å². The third-order valence-corrected chi connectivity index (χ3v) is 2.72. The molecule has 15 heavy (non-hydrogen) atoms. The van der Waals surface area contributed by atoms with E-state index in [0.29, 0.717) is 6.54 Å². The number of rotatable bonds is 4. The van der Waals surface area contributed by atoms with Crippen LogP contribution in [0.3, 0.4) is 0 Å². The number of amides is 2. The van der Waals surface area contributed by atoms with Crippen molar-refractivity contribution in [2.45, 2.75) is 45.1 Å². The lowest BCUT2D eigenvalue weighted by Gasteiger charge is -2.26. The van der Waals surface area contributed by atoms with Gasteiger partial charge in [0.15, 0.2) is 0 Å². The minimum Gasteiger partial charge on any atom is -0.393 e. The van der Waals surface area contributed by atoms with Crippen LogP contribution in [0.25, 0.3) is 0 Å². The Morgan fingerprint density at radius 3 is 2.67 bits per heavy atom. The Hall–Kier alpha value is -0.770. The maximum absolute atomic E-state index is 11.6. The Kier molecular flexibility index (Phi) is 5.47. The van der Waals surface area contributed by atoms with E-state index in [0.717, 1.165) is 38.8 Å². The summed E-state index contributed by atoms with van der Waals surface area (Å²) < 4.78 is 0. The molecule has 1 fully saturated rings. The topological polar surface area (TPSA) is 52.6 Å². The molecular formula is C11H22N2O2. The van der Waals surface area contributed by atoms with Gasteiger partial charge in [0.2, 0.25) is 0 Å². The van der Waals surface area contributed by atoms with Crippen LogP contribution in [0.1, 0.15) is 39.0 Å². The lowest BCUT2D eigenvalue weighted by atomic mass is 10.1. The smallest absolute Gasteiger partial charge is 0.317 e. The van der Waals surface area contributed by atoms with Crippen LogP contribution in [-0.2, 0) is 0 Å². The molecule has 4 nitrogen and oxygen atoms in total. The summed E-state index contributed by atoms with van der Waals surface area (Å²) in [4.78, 5) is 13.5. The molecule has 0 spiro atoms. The van der Waals surface area contributed by atoms with E-state index in [1.807, 2.05) is 4.90 Å². The zero-order valence-electron chi connectivity index (χ0n) is 9.54. The summed E-state index contributed by atoms with van der Waals surface area (Å²) >= 11 is 0. The number of urea groups is 1. The fourth-order valence-electron chi connectivity index (χ4n) is 1.80. The SMILES string of the molecule is CC(O)CCCNC(=O)N1CCCCC1. The molecule has 2 amide bonds. The summed E-state index contributed by atoms with van der Waals surface area (Å²) in [5.41, 5.74) is 0. The van der Waals surface area contributed by atoms with Crippen LogP contribution in [0.4, 0.5) is 4.79 Å². The molecule has 0 aliphatic carbocycles. The lowest BCUT2D eigenvalue weighted by molar-refractivity contribution is 0.175. The monoisotopic (exact) mass is 214 g/mol. The molecule has 4 heteroatoms. The molecule has 2 N–H and O–H groups in total. The molecule has 0 saturated carbocycles. The van der Waals surface area contributed by atoms with Crippen LogP contribution in [0.15, 0.2) is 0 Å². The van der Waals surface area contributed by atoms with Gasteiger partial charge < -0.3 is 15.3 Å². The molecular weight excluding hydrogens is 192 g/mol. The van der Waals surface area contributed by atoms with Crippen molar-refractivity contribution in [3.8, 4) is 0 Å². The number of piperidine rings is 1. The number of carbonyl (C=O) groups is 1. The molecule has 0 radical (unpaired) electrons. The highest BCUT2D eigenvalue weighted by molar-refractivity contribution is 5.74. The highest BCUT2D eigenvalue weighted by Gasteiger charge is 2.15. The van der Waals surface area contributed by atoms with Gasteiger partial charge in [0.05, 0.1) is 6.10 Å². The van der Waals surface area contributed by atoms with Gasteiger partial charge in [-0.05, 0) is 39.0 Å².